The number of likely N-dealkylation sites (N-methyl/N-ethyl adjacent to an activating group) is 1. The Hall–Kier alpha value is -0.570. The summed E-state index contributed by atoms with van der Waals surface area (Å²) < 4.78 is 0. The molecule has 0 aromatic rings. The molecule has 0 bridgehead atoms. The van der Waals surface area contributed by atoms with Crippen LogP contribution in [0.4, 0.5) is 0 Å². The van der Waals surface area contributed by atoms with Gasteiger partial charge in [0.2, 0.25) is 0 Å². The summed E-state index contributed by atoms with van der Waals surface area (Å²) in [6.45, 7) is 3.44. The molecular formula is C11H21N3. The molecule has 3 nitrogen and oxygen atoms in total. The Labute approximate surface area is 86.6 Å². The molecule has 1 atom stereocenters. The molecule has 1 saturated heterocycles. The third-order valence-corrected chi connectivity index (χ3v) is 3.14. The van der Waals surface area contributed by atoms with Gasteiger partial charge in [-0.3, -0.25) is 4.99 Å². The number of nitrogens with one attached hydrogen (secondary N) is 1. The summed E-state index contributed by atoms with van der Waals surface area (Å²) in [5.74, 6) is 1.27. The zero-order valence-electron chi connectivity index (χ0n) is 9.13. The molecule has 14 heavy (non-hydrogen) atoms. The van der Waals surface area contributed by atoms with E-state index in [1.54, 1.807) is 0 Å². The summed E-state index contributed by atoms with van der Waals surface area (Å²) in [5.41, 5.74) is 0. The van der Waals surface area contributed by atoms with Gasteiger partial charge in [0.25, 0.3) is 0 Å². The van der Waals surface area contributed by atoms with Gasteiger partial charge in [0.05, 0.1) is 5.84 Å². The molecule has 0 aromatic carbocycles. The minimum absolute atomic E-state index is 0.650. The first-order valence-electron chi connectivity index (χ1n) is 5.83. The van der Waals surface area contributed by atoms with E-state index in [-0.39, 0.29) is 0 Å². The lowest BCUT2D eigenvalue weighted by molar-refractivity contribution is 0.407. The van der Waals surface area contributed by atoms with Gasteiger partial charge in [0.1, 0.15) is 0 Å². The number of likely N-dealkylation sites (tertiary alicyclic amines) is 1. The highest BCUT2D eigenvalue weighted by Gasteiger charge is 2.20. The molecule has 1 N–H and O–H groups in total. The molecule has 1 unspecified atom stereocenters. The summed E-state index contributed by atoms with van der Waals surface area (Å²) in [6, 6.07) is 0.650. The maximum atomic E-state index is 4.60. The smallest absolute Gasteiger partial charge is 0.0965 e. The second-order valence-electron chi connectivity index (χ2n) is 4.53. The average Bonchev–Trinajstić information content (AvgIpc) is 2.43. The third kappa shape index (κ3) is 2.71. The highest BCUT2D eigenvalue weighted by molar-refractivity contribution is 5.82. The summed E-state index contributed by atoms with van der Waals surface area (Å²) in [7, 11) is 2.19. The second-order valence-corrected chi connectivity index (χ2v) is 4.53. The predicted octanol–water partition coefficient (Wildman–Crippen LogP) is 1.25. The zero-order chi connectivity index (χ0) is 9.80. The van der Waals surface area contributed by atoms with Crippen LogP contribution in [-0.4, -0.2) is 43.5 Å². The fraction of sp³-hybridized carbons (Fsp3) is 0.909. The van der Waals surface area contributed by atoms with E-state index in [0.717, 1.165) is 6.54 Å². The van der Waals surface area contributed by atoms with Crippen molar-refractivity contribution in [1.82, 2.24) is 10.2 Å². The van der Waals surface area contributed by atoms with Crippen LogP contribution in [0, 0.1) is 0 Å². The number of hydrogen-bond donors (Lipinski definition) is 1. The second kappa shape index (κ2) is 4.78. The Bertz CT molecular complexity index is 213. The minimum Gasteiger partial charge on any atom is -0.370 e. The topological polar surface area (TPSA) is 27.6 Å². The van der Waals surface area contributed by atoms with Crippen molar-refractivity contribution in [1.29, 1.82) is 0 Å². The van der Waals surface area contributed by atoms with Crippen molar-refractivity contribution in [2.75, 3.05) is 26.7 Å². The molecule has 1 fully saturated rings. The van der Waals surface area contributed by atoms with Crippen molar-refractivity contribution in [3.63, 3.8) is 0 Å². The number of amidine groups is 1. The van der Waals surface area contributed by atoms with Gasteiger partial charge in [0, 0.05) is 25.6 Å². The van der Waals surface area contributed by atoms with E-state index in [0.29, 0.717) is 6.04 Å². The Morgan fingerprint density at radius 3 is 3.07 bits per heavy atom. The van der Waals surface area contributed by atoms with Gasteiger partial charge in [-0.05, 0) is 32.9 Å². The van der Waals surface area contributed by atoms with Crippen LogP contribution >= 0.6 is 0 Å². The molecule has 0 amide bonds. The van der Waals surface area contributed by atoms with Crippen molar-refractivity contribution >= 4 is 5.84 Å². The van der Waals surface area contributed by atoms with Gasteiger partial charge in [-0.15, -0.1) is 0 Å². The van der Waals surface area contributed by atoms with Crippen LogP contribution in [0.15, 0.2) is 4.99 Å². The maximum Gasteiger partial charge on any atom is 0.0965 e. The molecule has 0 aromatic heterocycles. The fourth-order valence-electron chi connectivity index (χ4n) is 2.28. The van der Waals surface area contributed by atoms with Crippen molar-refractivity contribution in [2.24, 2.45) is 4.99 Å². The van der Waals surface area contributed by atoms with Crippen LogP contribution in [0.5, 0.6) is 0 Å². The van der Waals surface area contributed by atoms with Crippen LogP contribution in [0.1, 0.15) is 32.1 Å². The predicted molar refractivity (Wildman–Crippen MR) is 59.8 cm³/mol. The van der Waals surface area contributed by atoms with E-state index in [2.05, 4.69) is 22.3 Å². The summed E-state index contributed by atoms with van der Waals surface area (Å²) in [4.78, 5) is 6.98. The molecule has 2 aliphatic rings. The van der Waals surface area contributed by atoms with Crippen molar-refractivity contribution in [3.8, 4) is 0 Å². The van der Waals surface area contributed by atoms with Crippen molar-refractivity contribution in [3.05, 3.63) is 0 Å². The third-order valence-electron chi connectivity index (χ3n) is 3.14. The zero-order valence-corrected chi connectivity index (χ0v) is 9.13. The van der Waals surface area contributed by atoms with Crippen LogP contribution in [0.25, 0.3) is 0 Å². The van der Waals surface area contributed by atoms with Crippen LogP contribution in [-0.2, 0) is 0 Å². The number of rotatable bonds is 1. The van der Waals surface area contributed by atoms with Gasteiger partial charge in [-0.2, -0.15) is 0 Å². The van der Waals surface area contributed by atoms with Gasteiger partial charge in [0.15, 0.2) is 0 Å². The van der Waals surface area contributed by atoms with Gasteiger partial charge in [-0.1, -0.05) is 6.42 Å². The first-order chi connectivity index (χ1) is 6.84. The Kier molecular flexibility index (Phi) is 3.40. The van der Waals surface area contributed by atoms with E-state index in [4.69, 9.17) is 0 Å². The monoisotopic (exact) mass is 195 g/mol. The number of nitrogens with zero attached hydrogens (tertiary/aromatic N) is 2. The van der Waals surface area contributed by atoms with Gasteiger partial charge >= 0.3 is 0 Å². The molecule has 80 valence electrons. The van der Waals surface area contributed by atoms with Crippen LogP contribution in [0.3, 0.4) is 0 Å². The number of hydrogen-bond acceptors (Lipinski definition) is 3. The van der Waals surface area contributed by atoms with Crippen molar-refractivity contribution in [2.45, 2.75) is 38.1 Å². The number of aliphatic imine (C=N–C) groups is 1. The van der Waals surface area contributed by atoms with Gasteiger partial charge < -0.3 is 10.2 Å². The summed E-state index contributed by atoms with van der Waals surface area (Å²) in [5, 5.41) is 3.60. The fourth-order valence-corrected chi connectivity index (χ4v) is 2.28. The standard InChI is InChI=1S/C11H21N3/c1-14-8-6-10(9-14)13-11-5-3-2-4-7-12-11/h10H,2-9H2,1H3,(H,12,13). The average molecular weight is 195 g/mol. The SMILES string of the molecule is CN1CCC(NC2=NCCCCC2)C1. The summed E-state index contributed by atoms with van der Waals surface area (Å²) >= 11 is 0. The first kappa shape index (κ1) is 9.97. The normalized spacial score (nSPS) is 29.8. The van der Waals surface area contributed by atoms with Crippen LogP contribution < -0.4 is 5.32 Å². The molecule has 0 aliphatic carbocycles. The maximum absolute atomic E-state index is 4.60. The van der Waals surface area contributed by atoms with Crippen LogP contribution in [0.2, 0.25) is 0 Å². The Morgan fingerprint density at radius 1 is 1.36 bits per heavy atom. The molecule has 0 radical (unpaired) electrons. The van der Waals surface area contributed by atoms with E-state index in [1.165, 1.54) is 51.0 Å². The molecule has 0 saturated carbocycles. The highest BCUT2D eigenvalue weighted by Crippen LogP contribution is 2.10. The lowest BCUT2D eigenvalue weighted by atomic mass is 10.2. The van der Waals surface area contributed by atoms with Crippen molar-refractivity contribution < 1.29 is 0 Å². The molecule has 2 rings (SSSR count). The van der Waals surface area contributed by atoms with Gasteiger partial charge in [-0.25, -0.2) is 0 Å². The first-order valence-corrected chi connectivity index (χ1v) is 5.83. The minimum atomic E-state index is 0.650. The van der Waals surface area contributed by atoms with E-state index >= 15 is 0 Å². The molecule has 2 aliphatic heterocycles. The molecule has 0 spiro atoms. The Morgan fingerprint density at radius 2 is 2.29 bits per heavy atom. The summed E-state index contributed by atoms with van der Waals surface area (Å²) in [6.07, 6.45) is 6.37. The quantitative estimate of drug-likeness (QED) is 0.682. The van der Waals surface area contributed by atoms with E-state index < -0.39 is 0 Å². The lowest BCUT2D eigenvalue weighted by Crippen LogP contribution is -2.36. The largest absolute Gasteiger partial charge is 0.370 e. The molecular weight excluding hydrogens is 174 g/mol. The van der Waals surface area contributed by atoms with E-state index in [1.807, 2.05) is 0 Å². The highest BCUT2D eigenvalue weighted by atomic mass is 15.2. The van der Waals surface area contributed by atoms with E-state index in [9.17, 15) is 0 Å². The Balaban J connectivity index is 1.80. The lowest BCUT2D eigenvalue weighted by Gasteiger charge is -2.15. The molecule has 3 heteroatoms. The molecule has 2 heterocycles.